The standard InChI is InChI=1S/C7H16N2.C5H12.C4H10.2CH4/c1-2-5-9-6-3-8-4-7-9;1-5(2,3)4;1-4(2)3;;/h8H,2-7H2,1H3;1-4H3;4H,1-3H3;2*1H4. The summed E-state index contributed by atoms with van der Waals surface area (Å²) in [5.41, 5.74) is 0.500. The first-order valence-corrected chi connectivity index (χ1v) is 7.59. The van der Waals surface area contributed by atoms with Crippen molar-refractivity contribution in [3.05, 3.63) is 0 Å². The largest absolute Gasteiger partial charge is 0.314 e. The second-order valence-electron chi connectivity index (χ2n) is 7.32. The second kappa shape index (κ2) is 17.0. The Morgan fingerprint density at radius 1 is 0.950 bits per heavy atom. The molecule has 0 saturated carbocycles. The van der Waals surface area contributed by atoms with Crippen molar-refractivity contribution >= 4 is 0 Å². The number of rotatable bonds is 2. The molecule has 1 aliphatic rings. The van der Waals surface area contributed by atoms with Crippen LogP contribution >= 0.6 is 0 Å². The maximum Gasteiger partial charge on any atom is 0.0107 e. The normalized spacial score (nSPS) is 14.8. The van der Waals surface area contributed by atoms with E-state index in [4.69, 9.17) is 0 Å². The van der Waals surface area contributed by atoms with E-state index >= 15 is 0 Å². The van der Waals surface area contributed by atoms with Crippen LogP contribution in [0.1, 0.15) is 76.7 Å². The smallest absolute Gasteiger partial charge is 0.0107 e. The maximum atomic E-state index is 3.33. The van der Waals surface area contributed by atoms with Gasteiger partial charge in [-0.25, -0.2) is 0 Å². The Kier molecular flexibility index (Phi) is 23.9. The molecule has 1 saturated heterocycles. The first kappa shape index (κ1) is 28.1. The maximum absolute atomic E-state index is 3.33. The van der Waals surface area contributed by atoms with Gasteiger partial charge in [-0.1, -0.05) is 70.2 Å². The van der Waals surface area contributed by atoms with Crippen molar-refractivity contribution in [2.45, 2.75) is 76.7 Å². The third kappa shape index (κ3) is 43.0. The van der Waals surface area contributed by atoms with E-state index in [-0.39, 0.29) is 14.9 Å². The quantitative estimate of drug-likeness (QED) is 0.743. The molecule has 0 aliphatic carbocycles. The SMILES string of the molecule is C.C.CC(C)(C)C.CC(C)C.CCCN1CCNCC1. The fourth-order valence-corrected chi connectivity index (χ4v) is 1.25. The lowest BCUT2D eigenvalue weighted by molar-refractivity contribution is 0.241. The molecule has 1 N–H and O–H groups in total. The van der Waals surface area contributed by atoms with Gasteiger partial charge in [0.2, 0.25) is 0 Å². The third-order valence-electron chi connectivity index (χ3n) is 1.75. The highest BCUT2D eigenvalue weighted by atomic mass is 15.2. The lowest BCUT2D eigenvalue weighted by Crippen LogP contribution is -2.43. The molecule has 0 atom stereocenters. The summed E-state index contributed by atoms with van der Waals surface area (Å²) in [7, 11) is 0. The van der Waals surface area contributed by atoms with E-state index in [1.807, 2.05) is 0 Å². The molecule has 128 valence electrons. The average molecular weight is 291 g/mol. The van der Waals surface area contributed by atoms with Crippen molar-refractivity contribution in [1.82, 2.24) is 10.2 Å². The van der Waals surface area contributed by atoms with Crippen LogP contribution < -0.4 is 5.32 Å². The first-order chi connectivity index (χ1) is 8.16. The lowest BCUT2D eigenvalue weighted by Gasteiger charge is -2.26. The van der Waals surface area contributed by atoms with Crippen LogP contribution in [0, 0.1) is 11.3 Å². The Balaban J connectivity index is -0.000000102. The minimum Gasteiger partial charge on any atom is -0.314 e. The van der Waals surface area contributed by atoms with Crippen LogP contribution in [0.4, 0.5) is 0 Å². The van der Waals surface area contributed by atoms with Crippen molar-refractivity contribution < 1.29 is 0 Å². The molecule has 20 heavy (non-hydrogen) atoms. The number of nitrogens with zero attached hydrogens (tertiary/aromatic N) is 1. The van der Waals surface area contributed by atoms with Gasteiger partial charge in [0.15, 0.2) is 0 Å². The average Bonchev–Trinajstić information content (AvgIpc) is 2.16. The van der Waals surface area contributed by atoms with Gasteiger partial charge in [-0.2, -0.15) is 0 Å². The monoisotopic (exact) mass is 290 g/mol. The molecule has 2 heteroatoms. The number of nitrogens with one attached hydrogen (secondary N) is 1. The molecular weight excluding hydrogens is 244 g/mol. The zero-order chi connectivity index (χ0) is 14.6. The predicted octanol–water partition coefficient (Wildman–Crippen LogP) is 5.29. The van der Waals surface area contributed by atoms with Gasteiger partial charge in [-0.15, -0.1) is 0 Å². The van der Waals surface area contributed by atoms with E-state index in [9.17, 15) is 0 Å². The van der Waals surface area contributed by atoms with E-state index in [2.05, 4.69) is 65.6 Å². The Bertz CT molecular complexity index is 142. The van der Waals surface area contributed by atoms with Crippen LogP contribution in [0.25, 0.3) is 0 Å². The third-order valence-corrected chi connectivity index (χ3v) is 1.75. The molecule has 2 nitrogen and oxygen atoms in total. The summed E-state index contributed by atoms with van der Waals surface area (Å²) < 4.78 is 0. The summed E-state index contributed by atoms with van der Waals surface area (Å²) in [6, 6.07) is 0. The molecule has 0 amide bonds. The Hall–Kier alpha value is -0.0800. The van der Waals surface area contributed by atoms with Gasteiger partial charge in [0.1, 0.15) is 0 Å². The molecule has 0 bridgehead atoms. The lowest BCUT2D eigenvalue weighted by atomic mass is 10.0. The van der Waals surface area contributed by atoms with E-state index in [0.717, 1.165) is 5.92 Å². The Morgan fingerprint density at radius 2 is 1.25 bits per heavy atom. The highest BCUT2D eigenvalue weighted by molar-refractivity contribution is 4.66. The topological polar surface area (TPSA) is 15.3 Å². The zero-order valence-corrected chi connectivity index (χ0v) is 14.3. The summed E-state index contributed by atoms with van der Waals surface area (Å²) in [5.74, 6) is 0.833. The van der Waals surface area contributed by atoms with Gasteiger partial charge in [0, 0.05) is 26.2 Å². The molecule has 1 rings (SSSR count). The minimum atomic E-state index is 0. The van der Waals surface area contributed by atoms with Crippen molar-refractivity contribution in [3.8, 4) is 0 Å². The molecule has 0 aromatic carbocycles. The minimum absolute atomic E-state index is 0. The predicted molar refractivity (Wildman–Crippen MR) is 98.7 cm³/mol. The molecule has 0 unspecified atom stereocenters. The van der Waals surface area contributed by atoms with E-state index < -0.39 is 0 Å². The highest BCUT2D eigenvalue weighted by Gasteiger charge is 2.06. The van der Waals surface area contributed by atoms with Crippen LogP contribution in [0.2, 0.25) is 0 Å². The van der Waals surface area contributed by atoms with Gasteiger partial charge < -0.3 is 10.2 Å². The van der Waals surface area contributed by atoms with E-state index in [1.54, 1.807) is 0 Å². The summed E-state index contributed by atoms with van der Waals surface area (Å²) in [6.45, 7) is 23.6. The summed E-state index contributed by atoms with van der Waals surface area (Å²) in [4.78, 5) is 2.51. The van der Waals surface area contributed by atoms with Crippen LogP contribution in [-0.4, -0.2) is 37.6 Å². The van der Waals surface area contributed by atoms with Crippen molar-refractivity contribution in [3.63, 3.8) is 0 Å². The number of piperazine rings is 1. The van der Waals surface area contributed by atoms with Crippen LogP contribution in [0.5, 0.6) is 0 Å². The highest BCUT2D eigenvalue weighted by Crippen LogP contribution is 2.08. The molecule has 0 spiro atoms. The molecule has 0 aromatic rings. The van der Waals surface area contributed by atoms with Gasteiger partial charge in [-0.3, -0.25) is 0 Å². The van der Waals surface area contributed by atoms with E-state index in [0.29, 0.717) is 5.41 Å². The van der Waals surface area contributed by atoms with Crippen molar-refractivity contribution in [2.75, 3.05) is 32.7 Å². The van der Waals surface area contributed by atoms with Gasteiger partial charge >= 0.3 is 0 Å². The van der Waals surface area contributed by atoms with Crippen molar-refractivity contribution in [1.29, 1.82) is 0 Å². The summed E-state index contributed by atoms with van der Waals surface area (Å²) in [5, 5.41) is 3.33. The van der Waals surface area contributed by atoms with Gasteiger partial charge in [0.25, 0.3) is 0 Å². The second-order valence-corrected chi connectivity index (χ2v) is 7.32. The fraction of sp³-hybridized carbons (Fsp3) is 1.00. The molecule has 1 fully saturated rings. The molecule has 1 aliphatic heterocycles. The number of hydrogen-bond acceptors (Lipinski definition) is 2. The molecule has 0 radical (unpaired) electrons. The number of hydrogen-bond donors (Lipinski definition) is 1. The van der Waals surface area contributed by atoms with Gasteiger partial charge in [-0.05, 0) is 24.3 Å². The Morgan fingerprint density at radius 3 is 1.50 bits per heavy atom. The van der Waals surface area contributed by atoms with Crippen LogP contribution in [0.15, 0.2) is 0 Å². The molecule has 1 heterocycles. The van der Waals surface area contributed by atoms with Crippen LogP contribution in [0.3, 0.4) is 0 Å². The summed E-state index contributed by atoms with van der Waals surface area (Å²) in [6.07, 6.45) is 1.29. The summed E-state index contributed by atoms with van der Waals surface area (Å²) >= 11 is 0. The molecule has 0 aromatic heterocycles. The van der Waals surface area contributed by atoms with Crippen LogP contribution in [-0.2, 0) is 0 Å². The fourth-order valence-electron chi connectivity index (χ4n) is 1.25. The Labute approximate surface area is 131 Å². The zero-order valence-electron chi connectivity index (χ0n) is 14.3. The van der Waals surface area contributed by atoms with E-state index in [1.165, 1.54) is 39.1 Å². The first-order valence-electron chi connectivity index (χ1n) is 7.59. The molecular formula is C18H46N2. The van der Waals surface area contributed by atoms with Crippen molar-refractivity contribution in [2.24, 2.45) is 11.3 Å². The van der Waals surface area contributed by atoms with Gasteiger partial charge in [0.05, 0.1) is 0 Å².